The number of carbonyl (C=O) groups is 1. The largest absolute Gasteiger partial charge is 0.497 e. The highest BCUT2D eigenvalue weighted by atomic mass is 35.5. The number of hydrogen-bond acceptors (Lipinski definition) is 6. The van der Waals surface area contributed by atoms with Crippen LogP contribution in [0, 0.1) is 6.92 Å². The summed E-state index contributed by atoms with van der Waals surface area (Å²) >= 11 is 12.4. The molecule has 2 aliphatic rings. The maximum absolute atomic E-state index is 13.3. The van der Waals surface area contributed by atoms with E-state index in [4.69, 9.17) is 42.1 Å². The van der Waals surface area contributed by atoms with E-state index in [2.05, 4.69) is 4.90 Å². The fourth-order valence-corrected chi connectivity index (χ4v) is 4.82. The second-order valence-electron chi connectivity index (χ2n) is 8.42. The molecule has 0 amide bonds. The summed E-state index contributed by atoms with van der Waals surface area (Å²) in [7, 11) is 3.16. The molecular weight excluding hydrogens is 489 g/mol. The third kappa shape index (κ3) is 4.45. The molecule has 0 unspecified atom stereocenters. The molecule has 3 aromatic carbocycles. The number of methoxy groups -OCH3 is 2. The molecule has 35 heavy (non-hydrogen) atoms. The molecule has 0 saturated heterocycles. The van der Waals surface area contributed by atoms with Crippen LogP contribution < -0.4 is 18.9 Å². The van der Waals surface area contributed by atoms with Gasteiger partial charge in [-0.2, -0.15) is 0 Å². The Hall–Kier alpha value is -3.19. The molecule has 180 valence electrons. The highest BCUT2D eigenvalue weighted by molar-refractivity contribution is 6.35. The van der Waals surface area contributed by atoms with Gasteiger partial charge in [0.2, 0.25) is 5.78 Å². The van der Waals surface area contributed by atoms with Gasteiger partial charge in [-0.25, -0.2) is 0 Å². The van der Waals surface area contributed by atoms with Crippen molar-refractivity contribution < 1.29 is 23.7 Å². The van der Waals surface area contributed by atoms with Crippen LogP contribution in [-0.2, 0) is 13.1 Å². The van der Waals surface area contributed by atoms with Crippen molar-refractivity contribution in [2.45, 2.75) is 20.0 Å². The second kappa shape index (κ2) is 9.46. The van der Waals surface area contributed by atoms with Gasteiger partial charge in [0.05, 0.1) is 25.3 Å². The average molecular weight is 512 g/mol. The molecule has 0 radical (unpaired) electrons. The fourth-order valence-electron chi connectivity index (χ4n) is 4.35. The van der Waals surface area contributed by atoms with E-state index in [-0.39, 0.29) is 11.5 Å². The van der Waals surface area contributed by atoms with E-state index in [0.29, 0.717) is 58.2 Å². The molecule has 8 heteroatoms. The van der Waals surface area contributed by atoms with E-state index in [0.717, 1.165) is 22.4 Å². The zero-order valence-electron chi connectivity index (χ0n) is 19.5. The molecule has 2 heterocycles. The van der Waals surface area contributed by atoms with Gasteiger partial charge in [-0.05, 0) is 54.5 Å². The summed E-state index contributed by atoms with van der Waals surface area (Å²) in [6, 6.07) is 12.7. The van der Waals surface area contributed by atoms with Gasteiger partial charge in [0, 0.05) is 34.8 Å². The van der Waals surface area contributed by atoms with E-state index < -0.39 is 0 Å². The van der Waals surface area contributed by atoms with Gasteiger partial charge in [0.1, 0.15) is 29.7 Å². The smallest absolute Gasteiger partial charge is 0.232 e. The molecule has 3 aromatic rings. The van der Waals surface area contributed by atoms with Crippen molar-refractivity contribution in [2.24, 2.45) is 0 Å². The molecule has 0 fully saturated rings. The summed E-state index contributed by atoms with van der Waals surface area (Å²) in [5.41, 5.74) is 3.85. The van der Waals surface area contributed by atoms with Crippen LogP contribution >= 0.6 is 23.2 Å². The molecule has 6 nitrogen and oxygen atoms in total. The monoisotopic (exact) mass is 511 g/mol. The van der Waals surface area contributed by atoms with Crippen molar-refractivity contribution in [2.75, 3.05) is 21.0 Å². The maximum atomic E-state index is 13.3. The molecule has 5 rings (SSSR count). The van der Waals surface area contributed by atoms with Crippen molar-refractivity contribution in [3.05, 3.63) is 86.1 Å². The maximum Gasteiger partial charge on any atom is 0.232 e. The van der Waals surface area contributed by atoms with E-state index >= 15 is 0 Å². The standard InChI is InChI=1S/C27H23Cl2NO5/c1-15-8-23-20(13-30(14-34-23)12-17-4-6-18(28)10-21(17)29)27-25(15)26(31)24(35-27)9-16-5-7-19(32-2)11-22(16)33-3/h4-11H,12-14H2,1-3H3/b24-9-. The van der Waals surface area contributed by atoms with Crippen LogP contribution in [-0.4, -0.2) is 31.6 Å². The predicted molar refractivity (Wildman–Crippen MR) is 135 cm³/mol. The number of ketones is 1. The Balaban J connectivity index is 1.46. The lowest BCUT2D eigenvalue weighted by atomic mass is 9.98. The number of halogens is 2. The van der Waals surface area contributed by atoms with Crippen LogP contribution in [0.4, 0.5) is 0 Å². The van der Waals surface area contributed by atoms with Crippen molar-refractivity contribution in [1.82, 2.24) is 4.90 Å². The summed E-state index contributed by atoms with van der Waals surface area (Å²) in [5, 5.41) is 1.19. The lowest BCUT2D eigenvalue weighted by Gasteiger charge is -2.30. The SMILES string of the molecule is COc1ccc(/C=C2\Oc3c4c(cc(C)c3C2=O)OCN(Cc2ccc(Cl)cc2Cl)C4)c(OC)c1. The number of hydrogen-bond donors (Lipinski definition) is 0. The number of carbonyl (C=O) groups excluding carboxylic acids is 1. The van der Waals surface area contributed by atoms with Crippen LogP contribution in [0.1, 0.15) is 32.6 Å². The van der Waals surface area contributed by atoms with E-state index in [9.17, 15) is 4.79 Å². The lowest BCUT2D eigenvalue weighted by Crippen LogP contribution is -2.32. The Bertz CT molecular complexity index is 1370. The van der Waals surface area contributed by atoms with Crippen LogP contribution in [0.3, 0.4) is 0 Å². The summed E-state index contributed by atoms with van der Waals surface area (Å²) in [6.45, 7) is 3.39. The van der Waals surface area contributed by atoms with Crippen LogP contribution in [0.15, 0.2) is 48.2 Å². The number of benzene rings is 3. The number of allylic oxidation sites excluding steroid dienone is 1. The molecule has 0 N–H and O–H groups in total. The first-order valence-corrected chi connectivity index (χ1v) is 11.8. The Morgan fingerprint density at radius 2 is 1.91 bits per heavy atom. The van der Waals surface area contributed by atoms with Gasteiger partial charge in [-0.1, -0.05) is 29.3 Å². The van der Waals surface area contributed by atoms with Crippen LogP contribution in [0.5, 0.6) is 23.0 Å². The molecular formula is C27H23Cl2NO5. The van der Waals surface area contributed by atoms with Crippen LogP contribution in [0.25, 0.3) is 6.08 Å². The second-order valence-corrected chi connectivity index (χ2v) is 9.26. The topological polar surface area (TPSA) is 57.2 Å². The summed E-state index contributed by atoms with van der Waals surface area (Å²) in [6.07, 6.45) is 1.70. The Labute approximate surface area is 213 Å². The average Bonchev–Trinajstić information content (AvgIpc) is 3.18. The minimum Gasteiger partial charge on any atom is -0.497 e. The first-order chi connectivity index (χ1) is 16.9. The van der Waals surface area contributed by atoms with Gasteiger partial charge in [0.15, 0.2) is 5.76 Å². The van der Waals surface area contributed by atoms with Crippen molar-refractivity contribution >= 4 is 35.1 Å². The number of fused-ring (bicyclic) bond motifs is 3. The zero-order chi connectivity index (χ0) is 24.7. The van der Waals surface area contributed by atoms with Gasteiger partial charge in [0.25, 0.3) is 0 Å². The van der Waals surface area contributed by atoms with Gasteiger partial charge >= 0.3 is 0 Å². The summed E-state index contributed by atoms with van der Waals surface area (Å²) in [5.74, 6) is 2.56. The molecule has 0 spiro atoms. The lowest BCUT2D eigenvalue weighted by molar-refractivity contribution is 0.0872. The van der Waals surface area contributed by atoms with Gasteiger partial charge in [-0.3, -0.25) is 9.69 Å². The normalized spacial score (nSPS) is 15.9. The highest BCUT2D eigenvalue weighted by Gasteiger charge is 2.35. The first kappa shape index (κ1) is 23.5. The molecule has 0 atom stereocenters. The van der Waals surface area contributed by atoms with E-state index in [1.165, 1.54) is 0 Å². The van der Waals surface area contributed by atoms with E-state index in [1.807, 2.05) is 37.3 Å². The third-order valence-corrected chi connectivity index (χ3v) is 6.71. The molecule has 2 aliphatic heterocycles. The third-order valence-electron chi connectivity index (χ3n) is 6.12. The molecule has 0 aliphatic carbocycles. The van der Waals surface area contributed by atoms with Crippen molar-refractivity contribution in [1.29, 1.82) is 0 Å². The number of Topliss-reactive ketones (excluding diaryl/α,β-unsaturated/α-hetero) is 1. The molecule has 0 aromatic heterocycles. The van der Waals surface area contributed by atoms with Crippen molar-refractivity contribution in [3.63, 3.8) is 0 Å². The van der Waals surface area contributed by atoms with Gasteiger partial charge < -0.3 is 18.9 Å². The van der Waals surface area contributed by atoms with Gasteiger partial charge in [-0.15, -0.1) is 0 Å². The number of aryl methyl sites for hydroxylation is 1. The Morgan fingerprint density at radius 3 is 2.66 bits per heavy atom. The summed E-state index contributed by atoms with van der Waals surface area (Å²) < 4.78 is 23.0. The quantitative estimate of drug-likeness (QED) is 0.375. The Kier molecular flexibility index (Phi) is 6.36. The number of ether oxygens (including phenoxy) is 4. The Morgan fingerprint density at radius 1 is 1.09 bits per heavy atom. The highest BCUT2D eigenvalue weighted by Crippen LogP contribution is 2.44. The minimum absolute atomic E-state index is 0.170. The number of nitrogens with zero attached hydrogens (tertiary/aromatic N) is 1. The van der Waals surface area contributed by atoms with Crippen molar-refractivity contribution in [3.8, 4) is 23.0 Å². The molecule has 0 bridgehead atoms. The predicted octanol–water partition coefficient (Wildman–Crippen LogP) is 6.29. The minimum atomic E-state index is -0.170. The fraction of sp³-hybridized carbons (Fsp3) is 0.222. The zero-order valence-corrected chi connectivity index (χ0v) is 21.0. The first-order valence-electron chi connectivity index (χ1n) is 11.0. The van der Waals surface area contributed by atoms with E-state index in [1.54, 1.807) is 32.4 Å². The molecule has 0 saturated carbocycles. The number of rotatable bonds is 5. The van der Waals surface area contributed by atoms with Crippen LogP contribution in [0.2, 0.25) is 10.0 Å². The summed E-state index contributed by atoms with van der Waals surface area (Å²) in [4.78, 5) is 15.4.